The number of nitrogens with zero attached hydrogens (tertiary/aromatic N) is 3. The highest BCUT2D eigenvalue weighted by Crippen LogP contribution is 2.31. The summed E-state index contributed by atoms with van der Waals surface area (Å²) in [7, 11) is 0. The molecule has 29 heavy (non-hydrogen) atoms. The quantitative estimate of drug-likeness (QED) is 0.589. The number of imidazole rings is 1. The van der Waals surface area contributed by atoms with Crippen molar-refractivity contribution in [2.45, 2.75) is 38.8 Å². The zero-order valence-electron chi connectivity index (χ0n) is 16.7. The molecule has 1 saturated heterocycles. The van der Waals surface area contributed by atoms with E-state index in [1.165, 1.54) is 12.1 Å². The van der Waals surface area contributed by atoms with Crippen molar-refractivity contribution < 1.29 is 13.9 Å². The Morgan fingerprint density at radius 1 is 1.14 bits per heavy atom. The van der Waals surface area contributed by atoms with E-state index >= 15 is 0 Å². The van der Waals surface area contributed by atoms with Gasteiger partial charge in [-0.15, -0.1) is 0 Å². The molecule has 1 fully saturated rings. The summed E-state index contributed by atoms with van der Waals surface area (Å²) >= 11 is 0. The Bertz CT molecular complexity index is 975. The molecular weight excluding hydrogens is 369 g/mol. The number of likely N-dealkylation sites (tertiary alicyclic amines) is 1. The molecule has 1 aromatic heterocycles. The zero-order chi connectivity index (χ0) is 20.2. The molecule has 1 aliphatic heterocycles. The van der Waals surface area contributed by atoms with Crippen molar-refractivity contribution >= 4 is 17.0 Å². The number of halogens is 1. The minimum Gasteiger partial charge on any atom is -0.465 e. The molecule has 4 rings (SSSR count). The molecule has 0 bridgehead atoms. The summed E-state index contributed by atoms with van der Waals surface area (Å²) in [6.45, 7) is 5.12. The molecule has 0 saturated carbocycles. The average Bonchev–Trinajstić information content (AvgIpc) is 3.09. The monoisotopic (exact) mass is 395 g/mol. The van der Waals surface area contributed by atoms with Crippen LogP contribution in [0.25, 0.3) is 11.0 Å². The lowest BCUT2D eigenvalue weighted by atomic mass is 9.95. The summed E-state index contributed by atoms with van der Waals surface area (Å²) in [6.07, 6.45) is 1.96. The van der Waals surface area contributed by atoms with Crippen LogP contribution in [0.5, 0.6) is 0 Å². The first kappa shape index (κ1) is 19.6. The maximum atomic E-state index is 13.1. The molecule has 152 valence electrons. The lowest BCUT2D eigenvalue weighted by Crippen LogP contribution is -2.33. The molecular formula is C23H26FN3O2. The van der Waals surface area contributed by atoms with Crippen molar-refractivity contribution in [3.8, 4) is 0 Å². The second-order valence-electron chi connectivity index (χ2n) is 7.53. The van der Waals surface area contributed by atoms with Gasteiger partial charge in [-0.25, -0.2) is 9.37 Å². The number of fused-ring (bicyclic) bond motifs is 1. The summed E-state index contributed by atoms with van der Waals surface area (Å²) in [5.41, 5.74) is 3.02. The van der Waals surface area contributed by atoms with Crippen molar-refractivity contribution in [3.05, 3.63) is 65.7 Å². The van der Waals surface area contributed by atoms with Gasteiger partial charge >= 0.3 is 5.97 Å². The number of benzene rings is 2. The van der Waals surface area contributed by atoms with Gasteiger partial charge in [0.1, 0.15) is 18.2 Å². The number of carbonyl (C=O) groups excluding carboxylic acids is 1. The van der Waals surface area contributed by atoms with Crippen LogP contribution < -0.4 is 0 Å². The lowest BCUT2D eigenvalue weighted by Gasteiger charge is -2.32. The van der Waals surface area contributed by atoms with Crippen molar-refractivity contribution in [1.29, 1.82) is 0 Å². The van der Waals surface area contributed by atoms with Gasteiger partial charge in [0.05, 0.1) is 17.6 Å². The van der Waals surface area contributed by atoms with E-state index in [9.17, 15) is 9.18 Å². The predicted molar refractivity (Wildman–Crippen MR) is 110 cm³/mol. The fraction of sp³-hybridized carbons (Fsp3) is 0.391. The van der Waals surface area contributed by atoms with Gasteiger partial charge in [-0.2, -0.15) is 0 Å². The van der Waals surface area contributed by atoms with Crippen LogP contribution in [-0.2, 0) is 22.6 Å². The molecule has 2 aromatic carbocycles. The normalized spacial score (nSPS) is 15.7. The first-order chi connectivity index (χ1) is 14.1. The van der Waals surface area contributed by atoms with Crippen molar-refractivity contribution in [1.82, 2.24) is 14.5 Å². The summed E-state index contributed by atoms with van der Waals surface area (Å²) < 4.78 is 20.3. The van der Waals surface area contributed by atoms with E-state index in [0.29, 0.717) is 12.5 Å². The third-order valence-corrected chi connectivity index (χ3v) is 5.55. The van der Waals surface area contributed by atoms with E-state index in [-0.39, 0.29) is 18.3 Å². The topological polar surface area (TPSA) is 47.4 Å². The molecule has 2 heterocycles. The van der Waals surface area contributed by atoms with E-state index in [1.807, 2.05) is 47.9 Å². The zero-order valence-corrected chi connectivity index (χ0v) is 16.7. The molecule has 6 heteroatoms. The molecule has 0 aliphatic carbocycles. The molecule has 0 N–H and O–H groups in total. The van der Waals surface area contributed by atoms with Gasteiger partial charge in [0.15, 0.2) is 0 Å². The van der Waals surface area contributed by atoms with Crippen LogP contribution in [0.1, 0.15) is 37.1 Å². The van der Waals surface area contributed by atoms with Crippen LogP contribution in [0.4, 0.5) is 4.39 Å². The summed E-state index contributed by atoms with van der Waals surface area (Å²) in [6, 6.07) is 14.7. The molecule has 5 nitrogen and oxygen atoms in total. The number of aromatic nitrogens is 2. The van der Waals surface area contributed by atoms with E-state index in [2.05, 4.69) is 4.90 Å². The van der Waals surface area contributed by atoms with E-state index < -0.39 is 0 Å². The van der Waals surface area contributed by atoms with Crippen molar-refractivity contribution in [2.75, 3.05) is 19.7 Å². The number of hydrogen-bond donors (Lipinski definition) is 0. The molecule has 0 spiro atoms. The highest BCUT2D eigenvalue weighted by Gasteiger charge is 2.26. The number of carbonyl (C=O) groups is 1. The van der Waals surface area contributed by atoms with Gasteiger partial charge in [-0.1, -0.05) is 24.3 Å². The van der Waals surface area contributed by atoms with Gasteiger partial charge in [0.25, 0.3) is 0 Å². The summed E-state index contributed by atoms with van der Waals surface area (Å²) in [4.78, 5) is 19.4. The number of rotatable bonds is 6. The van der Waals surface area contributed by atoms with Crippen molar-refractivity contribution in [2.24, 2.45) is 0 Å². The van der Waals surface area contributed by atoms with Gasteiger partial charge in [-0.05, 0) is 62.7 Å². The van der Waals surface area contributed by atoms with E-state index in [4.69, 9.17) is 9.72 Å². The number of piperidine rings is 1. The van der Waals surface area contributed by atoms with Gasteiger partial charge in [-0.3, -0.25) is 9.69 Å². The Labute approximate surface area is 170 Å². The van der Waals surface area contributed by atoms with Crippen LogP contribution >= 0.6 is 0 Å². The highest BCUT2D eigenvalue weighted by molar-refractivity contribution is 5.79. The third kappa shape index (κ3) is 4.48. The van der Waals surface area contributed by atoms with Crippen LogP contribution in [-0.4, -0.2) is 40.1 Å². The number of para-hydroxylation sites is 2. The maximum Gasteiger partial charge on any atom is 0.326 e. The van der Waals surface area contributed by atoms with Crippen LogP contribution in [0.3, 0.4) is 0 Å². The molecule has 3 aromatic rings. The Hall–Kier alpha value is -2.73. The average molecular weight is 395 g/mol. The molecule has 0 atom stereocenters. The Kier molecular flexibility index (Phi) is 5.90. The van der Waals surface area contributed by atoms with Gasteiger partial charge in [0.2, 0.25) is 0 Å². The lowest BCUT2D eigenvalue weighted by molar-refractivity contribution is -0.143. The number of ether oxygens (including phenoxy) is 1. The van der Waals surface area contributed by atoms with Gasteiger partial charge < -0.3 is 9.30 Å². The standard InChI is InChI=1S/C23H26FN3O2/c1-2-29-22(28)16-27-21-6-4-3-5-20(21)25-23(27)18-11-13-26(14-12-18)15-17-7-9-19(24)10-8-17/h3-10,18H,2,11-16H2,1H3. The number of esters is 1. The number of hydrogen-bond acceptors (Lipinski definition) is 4. The van der Waals surface area contributed by atoms with Gasteiger partial charge in [0, 0.05) is 12.5 Å². The first-order valence-electron chi connectivity index (χ1n) is 10.2. The van der Waals surface area contributed by atoms with Crippen LogP contribution in [0, 0.1) is 5.82 Å². The SMILES string of the molecule is CCOC(=O)Cn1c(C2CCN(Cc3ccc(F)cc3)CC2)nc2ccccc21. The molecule has 0 amide bonds. The smallest absolute Gasteiger partial charge is 0.326 e. The summed E-state index contributed by atoms with van der Waals surface area (Å²) in [5.74, 6) is 0.848. The fourth-order valence-electron chi connectivity index (χ4n) is 4.10. The highest BCUT2D eigenvalue weighted by atomic mass is 19.1. The van der Waals surface area contributed by atoms with Crippen LogP contribution in [0.15, 0.2) is 48.5 Å². The fourth-order valence-corrected chi connectivity index (χ4v) is 4.10. The first-order valence-corrected chi connectivity index (χ1v) is 10.2. The van der Waals surface area contributed by atoms with E-state index in [0.717, 1.165) is 54.9 Å². The second kappa shape index (κ2) is 8.74. The molecule has 0 unspecified atom stereocenters. The molecule has 0 radical (unpaired) electrons. The largest absolute Gasteiger partial charge is 0.465 e. The predicted octanol–water partition coefficient (Wildman–Crippen LogP) is 4.12. The molecule has 1 aliphatic rings. The third-order valence-electron chi connectivity index (χ3n) is 5.55. The van der Waals surface area contributed by atoms with E-state index in [1.54, 1.807) is 0 Å². The second-order valence-corrected chi connectivity index (χ2v) is 7.53. The Balaban J connectivity index is 1.48. The maximum absolute atomic E-state index is 13.1. The minimum atomic E-state index is -0.231. The Morgan fingerprint density at radius 2 is 1.86 bits per heavy atom. The van der Waals surface area contributed by atoms with Crippen molar-refractivity contribution in [3.63, 3.8) is 0 Å². The van der Waals surface area contributed by atoms with Crippen LogP contribution in [0.2, 0.25) is 0 Å². The Morgan fingerprint density at radius 3 is 2.59 bits per heavy atom. The summed E-state index contributed by atoms with van der Waals surface area (Å²) in [5, 5.41) is 0. The minimum absolute atomic E-state index is 0.194.